The second kappa shape index (κ2) is 6.95. The molecular weight excluding hydrogens is 344 g/mol. The lowest BCUT2D eigenvalue weighted by atomic mass is 9.88. The molecule has 3 rings (SSSR count). The van der Waals surface area contributed by atoms with Gasteiger partial charge in [0, 0.05) is 22.5 Å². The molecule has 1 aromatic carbocycles. The summed E-state index contributed by atoms with van der Waals surface area (Å²) in [4.78, 5) is 26.0. The van der Waals surface area contributed by atoms with Crippen molar-refractivity contribution in [3.8, 4) is 0 Å². The first-order valence-corrected chi connectivity index (χ1v) is 9.12. The Hall–Kier alpha value is -1.85. The highest BCUT2D eigenvalue weighted by Gasteiger charge is 2.28. The molecule has 1 unspecified atom stereocenters. The van der Waals surface area contributed by atoms with Gasteiger partial charge in [-0.3, -0.25) is 9.59 Å². The molecule has 0 spiro atoms. The number of nitrogens with one attached hydrogen (secondary N) is 2. The summed E-state index contributed by atoms with van der Waals surface area (Å²) in [5, 5.41) is 6.81. The third kappa shape index (κ3) is 3.32. The Morgan fingerprint density at radius 1 is 1.21 bits per heavy atom. The second-order valence-electron chi connectivity index (χ2n) is 6.10. The first-order valence-electron chi connectivity index (χ1n) is 7.93. The average Bonchev–Trinajstić information content (AvgIpc) is 2.91. The first-order chi connectivity index (χ1) is 11.5. The zero-order valence-corrected chi connectivity index (χ0v) is 15.2. The van der Waals surface area contributed by atoms with Gasteiger partial charge in [0.2, 0.25) is 0 Å². The van der Waals surface area contributed by atoms with E-state index >= 15 is 0 Å². The molecule has 0 fully saturated rings. The van der Waals surface area contributed by atoms with E-state index in [0.29, 0.717) is 27.1 Å². The third-order valence-corrected chi connectivity index (χ3v) is 5.72. The van der Waals surface area contributed by atoms with Gasteiger partial charge in [-0.2, -0.15) is 0 Å². The van der Waals surface area contributed by atoms with Crippen molar-refractivity contribution in [1.29, 1.82) is 0 Å². The summed E-state index contributed by atoms with van der Waals surface area (Å²) in [5.74, 6) is 0.227. The Balaban J connectivity index is 1.93. The van der Waals surface area contributed by atoms with Crippen molar-refractivity contribution in [2.45, 2.75) is 26.2 Å². The van der Waals surface area contributed by atoms with Gasteiger partial charge in [-0.1, -0.05) is 18.5 Å². The van der Waals surface area contributed by atoms with Gasteiger partial charge in [0.15, 0.2) is 0 Å². The van der Waals surface area contributed by atoms with Crippen LogP contribution in [-0.4, -0.2) is 18.9 Å². The van der Waals surface area contributed by atoms with E-state index in [4.69, 9.17) is 11.6 Å². The summed E-state index contributed by atoms with van der Waals surface area (Å²) in [6.07, 6.45) is 2.91. The van der Waals surface area contributed by atoms with Crippen molar-refractivity contribution in [3.63, 3.8) is 0 Å². The monoisotopic (exact) mass is 362 g/mol. The van der Waals surface area contributed by atoms with Gasteiger partial charge < -0.3 is 10.6 Å². The van der Waals surface area contributed by atoms with Crippen molar-refractivity contribution < 1.29 is 9.59 Å². The molecule has 6 heteroatoms. The lowest BCUT2D eigenvalue weighted by Gasteiger charge is -2.18. The quantitative estimate of drug-likeness (QED) is 0.862. The Labute approximate surface area is 150 Å². The van der Waals surface area contributed by atoms with Crippen LogP contribution in [0.4, 0.5) is 5.00 Å². The van der Waals surface area contributed by atoms with Crippen LogP contribution in [-0.2, 0) is 12.8 Å². The van der Waals surface area contributed by atoms with Gasteiger partial charge in [0.25, 0.3) is 11.8 Å². The van der Waals surface area contributed by atoms with Gasteiger partial charge >= 0.3 is 0 Å². The van der Waals surface area contributed by atoms with E-state index in [2.05, 4.69) is 17.6 Å². The fraction of sp³-hybridized carbons (Fsp3) is 0.333. The largest absolute Gasteiger partial charge is 0.355 e. The van der Waals surface area contributed by atoms with Crippen molar-refractivity contribution in [1.82, 2.24) is 5.32 Å². The molecule has 1 heterocycles. The van der Waals surface area contributed by atoms with Gasteiger partial charge in [-0.25, -0.2) is 0 Å². The number of fused-ring (bicyclic) bond motifs is 1. The van der Waals surface area contributed by atoms with E-state index in [1.807, 2.05) is 0 Å². The van der Waals surface area contributed by atoms with Crippen molar-refractivity contribution >= 4 is 39.8 Å². The highest BCUT2D eigenvalue weighted by molar-refractivity contribution is 7.17. The molecule has 2 amide bonds. The molecule has 1 aliphatic rings. The normalized spacial score (nSPS) is 16.4. The Morgan fingerprint density at radius 2 is 1.92 bits per heavy atom. The summed E-state index contributed by atoms with van der Waals surface area (Å²) in [6.45, 7) is 2.22. The van der Waals surface area contributed by atoms with Gasteiger partial charge in [-0.15, -0.1) is 11.3 Å². The van der Waals surface area contributed by atoms with Crippen LogP contribution < -0.4 is 10.6 Å². The Bertz CT molecular complexity index is 783. The molecule has 1 aliphatic carbocycles. The van der Waals surface area contributed by atoms with Gasteiger partial charge in [0.05, 0.1) is 5.56 Å². The van der Waals surface area contributed by atoms with E-state index in [1.54, 1.807) is 31.3 Å². The maximum absolute atomic E-state index is 12.5. The van der Waals surface area contributed by atoms with Crippen LogP contribution in [0.2, 0.25) is 5.02 Å². The molecule has 126 valence electrons. The molecule has 4 nitrogen and oxygen atoms in total. The number of carbonyl (C=O) groups excluding carboxylic acids is 2. The summed E-state index contributed by atoms with van der Waals surface area (Å²) in [7, 11) is 1.61. The predicted octanol–water partition coefficient (Wildman–Crippen LogP) is 4.14. The van der Waals surface area contributed by atoms with E-state index in [-0.39, 0.29) is 11.8 Å². The average molecular weight is 363 g/mol. The number of thiophene rings is 1. The first kappa shape index (κ1) is 17.0. The van der Waals surface area contributed by atoms with E-state index < -0.39 is 0 Å². The van der Waals surface area contributed by atoms with Crippen LogP contribution in [0.5, 0.6) is 0 Å². The molecular formula is C18H19ClN2O2S. The summed E-state index contributed by atoms with van der Waals surface area (Å²) < 4.78 is 0. The van der Waals surface area contributed by atoms with Crippen LogP contribution in [0.25, 0.3) is 0 Å². The van der Waals surface area contributed by atoms with Gasteiger partial charge in [-0.05, 0) is 55.0 Å². The number of benzene rings is 1. The summed E-state index contributed by atoms with van der Waals surface area (Å²) in [6, 6.07) is 6.70. The number of halogens is 1. The number of anilines is 1. The SMILES string of the molecule is CNC(=O)c1c(NC(=O)c2ccc(Cl)cc2)sc2c1CCC(C)C2. The maximum Gasteiger partial charge on any atom is 0.256 e. The Morgan fingerprint density at radius 3 is 2.58 bits per heavy atom. The smallest absolute Gasteiger partial charge is 0.256 e. The highest BCUT2D eigenvalue weighted by atomic mass is 35.5. The lowest BCUT2D eigenvalue weighted by molar-refractivity contribution is 0.0963. The van der Waals surface area contributed by atoms with E-state index in [9.17, 15) is 9.59 Å². The topological polar surface area (TPSA) is 58.2 Å². The minimum absolute atomic E-state index is 0.145. The van der Waals surface area contributed by atoms with Crippen LogP contribution >= 0.6 is 22.9 Å². The zero-order chi connectivity index (χ0) is 17.3. The standard InChI is InChI=1S/C18H19ClN2O2S/c1-10-3-8-13-14(9-10)24-18(15(13)17(23)20-2)21-16(22)11-4-6-12(19)7-5-11/h4-7,10H,3,8-9H2,1-2H3,(H,20,23)(H,21,22). The summed E-state index contributed by atoms with van der Waals surface area (Å²) >= 11 is 7.38. The van der Waals surface area contributed by atoms with Crippen LogP contribution in [0, 0.1) is 5.92 Å². The predicted molar refractivity (Wildman–Crippen MR) is 98.3 cm³/mol. The van der Waals surface area contributed by atoms with E-state index in [0.717, 1.165) is 24.8 Å². The maximum atomic E-state index is 12.5. The number of hydrogen-bond acceptors (Lipinski definition) is 3. The second-order valence-corrected chi connectivity index (χ2v) is 7.64. The number of amides is 2. The molecule has 0 saturated carbocycles. The minimum atomic E-state index is -0.233. The molecule has 0 radical (unpaired) electrons. The van der Waals surface area contributed by atoms with Gasteiger partial charge in [0.1, 0.15) is 5.00 Å². The fourth-order valence-electron chi connectivity index (χ4n) is 2.98. The molecule has 2 N–H and O–H groups in total. The molecule has 1 atom stereocenters. The highest BCUT2D eigenvalue weighted by Crippen LogP contribution is 2.39. The molecule has 0 saturated heterocycles. The van der Waals surface area contributed by atoms with Crippen molar-refractivity contribution in [2.24, 2.45) is 5.92 Å². The molecule has 0 bridgehead atoms. The van der Waals surface area contributed by atoms with Crippen molar-refractivity contribution in [2.75, 3.05) is 12.4 Å². The zero-order valence-electron chi connectivity index (χ0n) is 13.6. The number of rotatable bonds is 3. The van der Waals surface area contributed by atoms with Crippen molar-refractivity contribution in [3.05, 3.63) is 50.9 Å². The summed E-state index contributed by atoms with van der Waals surface area (Å²) in [5.41, 5.74) is 2.22. The van der Waals surface area contributed by atoms with Crippen LogP contribution in [0.1, 0.15) is 44.5 Å². The lowest BCUT2D eigenvalue weighted by Crippen LogP contribution is -2.22. The number of carbonyl (C=O) groups is 2. The third-order valence-electron chi connectivity index (χ3n) is 4.30. The number of hydrogen-bond donors (Lipinski definition) is 2. The molecule has 1 aromatic heterocycles. The molecule has 0 aliphatic heterocycles. The molecule has 2 aromatic rings. The fourth-order valence-corrected chi connectivity index (χ4v) is 4.51. The van der Waals surface area contributed by atoms with Crippen LogP contribution in [0.3, 0.4) is 0 Å². The minimum Gasteiger partial charge on any atom is -0.355 e. The van der Waals surface area contributed by atoms with E-state index in [1.165, 1.54) is 16.2 Å². The molecule has 24 heavy (non-hydrogen) atoms. The van der Waals surface area contributed by atoms with Crippen LogP contribution in [0.15, 0.2) is 24.3 Å². The Kier molecular flexibility index (Phi) is 4.92.